The van der Waals surface area contributed by atoms with E-state index in [-0.39, 0.29) is 5.82 Å². The van der Waals surface area contributed by atoms with E-state index < -0.39 is 0 Å². The Labute approximate surface area is 157 Å². The number of aryl methyl sites for hydroxylation is 1. The van der Waals surface area contributed by atoms with Crippen molar-refractivity contribution in [2.45, 2.75) is 12.8 Å². The Hall–Kier alpha value is -3.27. The molecule has 0 spiro atoms. The van der Waals surface area contributed by atoms with Gasteiger partial charge in [-0.2, -0.15) is 0 Å². The van der Waals surface area contributed by atoms with Crippen LogP contribution >= 0.6 is 0 Å². The minimum atomic E-state index is -0.308. The fourth-order valence-corrected chi connectivity index (χ4v) is 3.78. The summed E-state index contributed by atoms with van der Waals surface area (Å²) in [6.07, 6.45) is 2.13. The molecule has 3 aromatic carbocycles. The highest BCUT2D eigenvalue weighted by molar-refractivity contribution is 5.93. The van der Waals surface area contributed by atoms with Crippen molar-refractivity contribution >= 4 is 22.4 Å². The molecule has 2 heterocycles. The maximum absolute atomic E-state index is 14.4. The number of nitrogens with zero attached hydrogens (tertiary/aromatic N) is 3. The Balaban J connectivity index is 1.76. The lowest BCUT2D eigenvalue weighted by Crippen LogP contribution is -2.25. The third kappa shape index (κ3) is 2.74. The zero-order valence-electron chi connectivity index (χ0n) is 14.8. The number of aromatic nitrogens is 2. The molecule has 0 saturated carbocycles. The van der Waals surface area contributed by atoms with Gasteiger partial charge in [0, 0.05) is 17.6 Å². The van der Waals surface area contributed by atoms with E-state index in [2.05, 4.69) is 34.1 Å². The lowest BCUT2D eigenvalue weighted by Gasteiger charge is -2.31. The lowest BCUT2D eigenvalue weighted by molar-refractivity contribution is 0.630. The SMILES string of the molecule is Fc1ccccc1-c1nc(N2CCCc3ccccc32)c2ccccc2n1. The Bertz CT molecular complexity index is 1140. The highest BCUT2D eigenvalue weighted by Gasteiger charge is 2.22. The quantitative estimate of drug-likeness (QED) is 0.474. The Morgan fingerprint density at radius 1 is 0.815 bits per heavy atom. The van der Waals surface area contributed by atoms with Gasteiger partial charge >= 0.3 is 0 Å². The zero-order chi connectivity index (χ0) is 18.2. The molecule has 3 nitrogen and oxygen atoms in total. The molecule has 0 fully saturated rings. The molecule has 0 bridgehead atoms. The molecule has 5 rings (SSSR count). The van der Waals surface area contributed by atoms with Crippen LogP contribution in [0, 0.1) is 5.82 Å². The third-order valence-electron chi connectivity index (χ3n) is 5.06. The molecule has 4 aromatic rings. The number of fused-ring (bicyclic) bond motifs is 2. The fourth-order valence-electron chi connectivity index (χ4n) is 3.78. The van der Waals surface area contributed by atoms with Crippen molar-refractivity contribution in [2.75, 3.05) is 11.4 Å². The summed E-state index contributed by atoms with van der Waals surface area (Å²) in [6.45, 7) is 0.884. The van der Waals surface area contributed by atoms with E-state index in [0.717, 1.165) is 36.1 Å². The van der Waals surface area contributed by atoms with Crippen LogP contribution in [0.25, 0.3) is 22.3 Å². The molecular weight excluding hydrogens is 337 g/mol. The second kappa shape index (κ2) is 6.47. The van der Waals surface area contributed by atoms with Gasteiger partial charge in [0.2, 0.25) is 0 Å². The van der Waals surface area contributed by atoms with Gasteiger partial charge in [-0.1, -0.05) is 42.5 Å². The molecule has 0 amide bonds. The van der Waals surface area contributed by atoms with Crippen molar-refractivity contribution in [3.8, 4) is 11.4 Å². The van der Waals surface area contributed by atoms with Gasteiger partial charge in [0.25, 0.3) is 0 Å². The first kappa shape index (κ1) is 15.9. The molecule has 1 aliphatic heterocycles. The van der Waals surface area contributed by atoms with Crippen LogP contribution in [0.5, 0.6) is 0 Å². The van der Waals surface area contributed by atoms with Gasteiger partial charge in [0.1, 0.15) is 11.6 Å². The van der Waals surface area contributed by atoms with Gasteiger partial charge in [0.15, 0.2) is 5.82 Å². The molecule has 0 radical (unpaired) electrons. The van der Waals surface area contributed by atoms with Crippen molar-refractivity contribution in [1.29, 1.82) is 0 Å². The van der Waals surface area contributed by atoms with Gasteiger partial charge < -0.3 is 4.90 Å². The molecule has 1 aromatic heterocycles. The molecule has 1 aliphatic rings. The molecule has 0 aliphatic carbocycles. The monoisotopic (exact) mass is 355 g/mol. The van der Waals surface area contributed by atoms with Crippen molar-refractivity contribution < 1.29 is 4.39 Å². The van der Waals surface area contributed by atoms with E-state index in [9.17, 15) is 4.39 Å². The topological polar surface area (TPSA) is 29.0 Å². The number of para-hydroxylation sites is 2. The molecule has 0 saturated heterocycles. The summed E-state index contributed by atoms with van der Waals surface area (Å²) in [4.78, 5) is 11.7. The van der Waals surface area contributed by atoms with Gasteiger partial charge in [-0.05, 0) is 48.7 Å². The fraction of sp³-hybridized carbons (Fsp3) is 0.130. The summed E-state index contributed by atoms with van der Waals surface area (Å²) in [5.41, 5.74) is 3.74. The largest absolute Gasteiger partial charge is 0.325 e. The summed E-state index contributed by atoms with van der Waals surface area (Å²) < 4.78 is 14.4. The first-order chi connectivity index (χ1) is 13.3. The summed E-state index contributed by atoms with van der Waals surface area (Å²) in [5.74, 6) is 0.952. The standard InChI is InChI=1S/C23H18FN3/c24-19-12-4-2-10-17(19)22-25-20-13-5-3-11-18(20)23(26-22)27-15-7-9-16-8-1-6-14-21(16)27/h1-6,8,10-14H,7,9,15H2. The third-order valence-corrected chi connectivity index (χ3v) is 5.06. The van der Waals surface area contributed by atoms with Gasteiger partial charge in [-0.3, -0.25) is 0 Å². The Morgan fingerprint density at radius 3 is 2.52 bits per heavy atom. The van der Waals surface area contributed by atoms with Gasteiger partial charge in [0.05, 0.1) is 11.1 Å². The number of anilines is 2. The van der Waals surface area contributed by atoms with Crippen LogP contribution in [0.3, 0.4) is 0 Å². The highest BCUT2D eigenvalue weighted by atomic mass is 19.1. The number of halogens is 1. The zero-order valence-corrected chi connectivity index (χ0v) is 14.8. The van der Waals surface area contributed by atoms with Crippen LogP contribution in [0.2, 0.25) is 0 Å². The van der Waals surface area contributed by atoms with Gasteiger partial charge in [-0.15, -0.1) is 0 Å². The molecule has 27 heavy (non-hydrogen) atoms. The van der Waals surface area contributed by atoms with Crippen molar-refractivity contribution in [1.82, 2.24) is 9.97 Å². The van der Waals surface area contributed by atoms with Crippen LogP contribution in [-0.4, -0.2) is 16.5 Å². The van der Waals surface area contributed by atoms with Gasteiger partial charge in [-0.25, -0.2) is 14.4 Å². The van der Waals surface area contributed by atoms with E-state index in [4.69, 9.17) is 4.98 Å². The summed E-state index contributed by atoms with van der Waals surface area (Å²) in [5, 5.41) is 0.981. The summed E-state index contributed by atoms with van der Waals surface area (Å²) in [7, 11) is 0. The van der Waals surface area contributed by atoms with Crippen molar-refractivity contribution in [3.05, 3.63) is 84.2 Å². The molecular formula is C23H18FN3. The number of benzene rings is 3. The predicted octanol–water partition coefficient (Wildman–Crippen LogP) is 5.52. The summed E-state index contributed by atoms with van der Waals surface area (Å²) >= 11 is 0. The van der Waals surface area contributed by atoms with E-state index in [1.54, 1.807) is 12.1 Å². The maximum Gasteiger partial charge on any atom is 0.165 e. The smallest absolute Gasteiger partial charge is 0.165 e. The average molecular weight is 355 g/mol. The second-order valence-electron chi connectivity index (χ2n) is 6.75. The average Bonchev–Trinajstić information content (AvgIpc) is 2.73. The molecule has 4 heteroatoms. The first-order valence-electron chi connectivity index (χ1n) is 9.18. The first-order valence-corrected chi connectivity index (χ1v) is 9.18. The van der Waals surface area contributed by atoms with Crippen LogP contribution in [0.1, 0.15) is 12.0 Å². The minimum absolute atomic E-state index is 0.308. The molecule has 132 valence electrons. The molecule has 0 atom stereocenters. The molecule has 0 unspecified atom stereocenters. The van der Waals surface area contributed by atoms with Crippen LogP contribution in [-0.2, 0) is 6.42 Å². The number of hydrogen-bond donors (Lipinski definition) is 0. The normalized spacial score (nSPS) is 13.6. The van der Waals surface area contributed by atoms with Crippen molar-refractivity contribution in [3.63, 3.8) is 0 Å². The van der Waals surface area contributed by atoms with E-state index in [1.165, 1.54) is 17.3 Å². The van der Waals surface area contributed by atoms with Crippen molar-refractivity contribution in [2.24, 2.45) is 0 Å². The minimum Gasteiger partial charge on any atom is -0.325 e. The predicted molar refractivity (Wildman–Crippen MR) is 107 cm³/mol. The van der Waals surface area contributed by atoms with E-state index in [1.807, 2.05) is 30.3 Å². The maximum atomic E-state index is 14.4. The second-order valence-corrected chi connectivity index (χ2v) is 6.75. The van der Waals surface area contributed by atoms with Crippen LogP contribution < -0.4 is 4.90 Å². The Kier molecular flexibility index (Phi) is 3.82. The van der Waals surface area contributed by atoms with E-state index >= 15 is 0 Å². The van der Waals surface area contributed by atoms with Crippen LogP contribution in [0.15, 0.2) is 72.8 Å². The van der Waals surface area contributed by atoms with E-state index in [0.29, 0.717) is 11.4 Å². The Morgan fingerprint density at radius 2 is 1.59 bits per heavy atom. The highest BCUT2D eigenvalue weighted by Crippen LogP contribution is 2.37. The molecule has 0 N–H and O–H groups in total. The number of hydrogen-bond acceptors (Lipinski definition) is 3. The number of rotatable bonds is 2. The summed E-state index contributed by atoms with van der Waals surface area (Å²) in [6, 6.07) is 23.0. The van der Waals surface area contributed by atoms with Crippen LogP contribution in [0.4, 0.5) is 15.9 Å². The lowest BCUT2D eigenvalue weighted by atomic mass is 10.0.